The molecule has 0 saturated carbocycles. The van der Waals surface area contributed by atoms with Crippen molar-refractivity contribution in [3.05, 3.63) is 60.2 Å². The van der Waals surface area contributed by atoms with Crippen LogP contribution in [-0.2, 0) is 9.59 Å². The SMILES string of the molecule is C[C@H]1C[C@@H](NC(=O)CN2CCCN(C)CC2)CN(c2ccc(C#N)c3nccnc23)C1.C[C@H]1C[C@@H](NC(=O)CN2CCCN(C)CC2)CN(c2ccc(C#N)c3nccnc23)C1. The van der Waals surface area contributed by atoms with E-state index < -0.39 is 0 Å². The average molecular weight is 843 g/mol. The van der Waals surface area contributed by atoms with Crippen molar-refractivity contribution in [1.82, 2.24) is 50.2 Å². The van der Waals surface area contributed by atoms with E-state index >= 15 is 0 Å². The minimum atomic E-state index is 0.0910. The Morgan fingerprint density at radius 3 is 1.39 bits per heavy atom. The van der Waals surface area contributed by atoms with Crippen molar-refractivity contribution in [2.45, 2.75) is 51.6 Å². The second kappa shape index (κ2) is 21.0. The molecule has 16 heteroatoms. The molecule has 2 aromatic carbocycles. The number of carbonyl (C=O) groups is 2. The number of anilines is 2. The fourth-order valence-electron chi connectivity index (χ4n) is 9.55. The number of carbonyl (C=O) groups excluding carboxylic acids is 2. The molecule has 16 nitrogen and oxygen atoms in total. The van der Waals surface area contributed by atoms with Gasteiger partial charge in [0.1, 0.15) is 34.2 Å². The molecule has 0 bridgehead atoms. The fraction of sp³-hybridized carbons (Fsp3) is 0.565. The highest BCUT2D eigenvalue weighted by Crippen LogP contribution is 2.31. The molecule has 6 heterocycles. The van der Waals surface area contributed by atoms with Crippen LogP contribution in [0.3, 0.4) is 0 Å². The molecule has 4 aliphatic heterocycles. The van der Waals surface area contributed by atoms with Crippen LogP contribution in [0.2, 0.25) is 0 Å². The van der Waals surface area contributed by atoms with Crippen LogP contribution in [0.1, 0.15) is 50.7 Å². The lowest BCUT2D eigenvalue weighted by Crippen LogP contribution is -2.52. The van der Waals surface area contributed by atoms with Gasteiger partial charge in [0.05, 0.1) is 35.6 Å². The van der Waals surface area contributed by atoms with Gasteiger partial charge in [0.25, 0.3) is 0 Å². The molecule has 0 unspecified atom stereocenters. The Morgan fingerprint density at radius 1 is 0.581 bits per heavy atom. The van der Waals surface area contributed by atoms with E-state index in [9.17, 15) is 20.1 Å². The fourth-order valence-corrected chi connectivity index (χ4v) is 9.55. The largest absolute Gasteiger partial charge is 0.367 e. The first-order chi connectivity index (χ1) is 30.1. The molecule has 4 aliphatic rings. The summed E-state index contributed by atoms with van der Waals surface area (Å²) >= 11 is 0. The predicted octanol–water partition coefficient (Wildman–Crippen LogP) is 2.94. The number of nitrogens with one attached hydrogen (secondary N) is 2. The van der Waals surface area contributed by atoms with Crippen molar-refractivity contribution in [2.75, 3.05) is 116 Å². The zero-order valence-corrected chi connectivity index (χ0v) is 36.8. The van der Waals surface area contributed by atoms with Crippen molar-refractivity contribution >= 4 is 45.3 Å². The molecular weight excluding hydrogens is 781 g/mol. The monoisotopic (exact) mass is 843 g/mol. The molecule has 8 rings (SSSR count). The van der Waals surface area contributed by atoms with E-state index in [0.717, 1.165) is 127 Å². The van der Waals surface area contributed by atoms with E-state index in [-0.39, 0.29) is 23.9 Å². The maximum atomic E-state index is 12.8. The van der Waals surface area contributed by atoms with Crippen LogP contribution in [0, 0.1) is 34.5 Å². The van der Waals surface area contributed by atoms with E-state index in [2.05, 4.69) is 100 Å². The quantitative estimate of drug-likeness (QED) is 0.265. The maximum absolute atomic E-state index is 12.8. The minimum Gasteiger partial charge on any atom is -0.367 e. The summed E-state index contributed by atoms with van der Waals surface area (Å²) in [6.07, 6.45) is 10.7. The molecule has 0 radical (unpaired) electrons. The number of rotatable bonds is 8. The van der Waals surface area contributed by atoms with Crippen LogP contribution in [-0.4, -0.2) is 169 Å². The molecule has 0 aliphatic carbocycles. The number of nitrogens with zero attached hydrogens (tertiary/aromatic N) is 12. The Kier molecular flexibility index (Phi) is 15.1. The highest BCUT2D eigenvalue weighted by atomic mass is 16.2. The summed E-state index contributed by atoms with van der Waals surface area (Å²) in [6, 6.07) is 12.1. The summed E-state index contributed by atoms with van der Waals surface area (Å²) in [5, 5.41) is 25.4. The first kappa shape index (κ1) is 44.5. The number of piperidine rings is 2. The number of aromatic nitrogens is 4. The van der Waals surface area contributed by atoms with Gasteiger partial charge in [0, 0.05) is 89.2 Å². The Hall–Kier alpha value is -5.52. The normalized spacial score (nSPS) is 23.3. The standard InChI is InChI=1S/2C23H31N7O/c2*1-17-12-19(27-21(31)16-29-9-3-8-28(2)10-11-29)15-30(14-17)20-5-4-18(13-24)22-23(20)26-7-6-25-22/h2*4-7,17,19H,3,8-12,14-16H2,1-2H3,(H,27,31)/t2*17-,19+/m00/s1. The third-order valence-corrected chi connectivity index (χ3v) is 12.5. The first-order valence-electron chi connectivity index (χ1n) is 22.2. The summed E-state index contributed by atoms with van der Waals surface area (Å²) < 4.78 is 0. The second-order valence-corrected chi connectivity index (χ2v) is 17.9. The summed E-state index contributed by atoms with van der Waals surface area (Å²) in [5.74, 6) is 1.09. The number of fused-ring (bicyclic) bond motifs is 2. The van der Waals surface area contributed by atoms with Crippen LogP contribution in [0.5, 0.6) is 0 Å². The van der Waals surface area contributed by atoms with Crippen LogP contribution >= 0.6 is 0 Å². The van der Waals surface area contributed by atoms with Gasteiger partial charge >= 0.3 is 0 Å². The summed E-state index contributed by atoms with van der Waals surface area (Å²) in [5.41, 5.74) is 5.77. The Morgan fingerprint density at radius 2 is 0.984 bits per heavy atom. The zero-order valence-electron chi connectivity index (χ0n) is 36.8. The molecule has 4 aromatic rings. The second-order valence-electron chi connectivity index (χ2n) is 17.9. The van der Waals surface area contributed by atoms with Gasteiger partial charge < -0.3 is 30.2 Å². The van der Waals surface area contributed by atoms with Crippen LogP contribution < -0.4 is 20.4 Å². The van der Waals surface area contributed by atoms with Crippen molar-refractivity contribution in [2.24, 2.45) is 11.8 Å². The number of likely N-dealkylation sites (N-methyl/N-ethyl adjacent to an activating group) is 2. The molecule has 4 saturated heterocycles. The molecule has 2 aromatic heterocycles. The number of hydrogen-bond acceptors (Lipinski definition) is 14. The molecule has 0 spiro atoms. The molecule has 62 heavy (non-hydrogen) atoms. The Bertz CT molecular complexity index is 2100. The number of benzene rings is 2. The van der Waals surface area contributed by atoms with Gasteiger partial charge in [-0.2, -0.15) is 10.5 Å². The van der Waals surface area contributed by atoms with Gasteiger partial charge in [-0.3, -0.25) is 39.3 Å². The summed E-state index contributed by atoms with van der Waals surface area (Å²) in [6.45, 7) is 16.6. The molecule has 2 amide bonds. The minimum absolute atomic E-state index is 0.0910. The third-order valence-electron chi connectivity index (χ3n) is 12.5. The molecule has 328 valence electrons. The van der Waals surface area contributed by atoms with Crippen LogP contribution in [0.25, 0.3) is 22.1 Å². The van der Waals surface area contributed by atoms with E-state index in [0.29, 0.717) is 47.1 Å². The molecule has 4 atom stereocenters. The highest BCUT2D eigenvalue weighted by Gasteiger charge is 2.30. The number of hydrogen-bond donors (Lipinski definition) is 2. The first-order valence-corrected chi connectivity index (χ1v) is 22.2. The maximum Gasteiger partial charge on any atom is 0.234 e. The van der Waals surface area contributed by atoms with Crippen molar-refractivity contribution in [1.29, 1.82) is 10.5 Å². The number of amides is 2. The summed E-state index contributed by atoms with van der Waals surface area (Å²) in [7, 11) is 4.28. The molecular formula is C46H62N14O2. The zero-order chi connectivity index (χ0) is 43.6. The molecule has 2 N–H and O–H groups in total. The van der Waals surface area contributed by atoms with Gasteiger partial charge in [-0.05, 0) is 102 Å². The third kappa shape index (κ3) is 11.5. The lowest BCUT2D eigenvalue weighted by atomic mass is 9.95. The van der Waals surface area contributed by atoms with Crippen molar-refractivity contribution in [3.63, 3.8) is 0 Å². The molecule has 4 fully saturated rings. The van der Waals surface area contributed by atoms with E-state index in [1.54, 1.807) is 24.8 Å². The summed E-state index contributed by atoms with van der Waals surface area (Å²) in [4.78, 5) is 57.1. The lowest BCUT2D eigenvalue weighted by molar-refractivity contribution is -0.123. The van der Waals surface area contributed by atoms with Crippen LogP contribution in [0.4, 0.5) is 11.4 Å². The van der Waals surface area contributed by atoms with Gasteiger partial charge in [0.2, 0.25) is 11.8 Å². The van der Waals surface area contributed by atoms with E-state index in [1.807, 2.05) is 24.3 Å². The Labute approximate surface area is 365 Å². The van der Waals surface area contributed by atoms with Crippen LogP contribution in [0.15, 0.2) is 49.1 Å². The highest BCUT2D eigenvalue weighted by molar-refractivity contribution is 5.93. The van der Waals surface area contributed by atoms with E-state index in [4.69, 9.17) is 0 Å². The average Bonchev–Trinajstić information content (AvgIpc) is 3.60. The Balaban J connectivity index is 0.000000186. The van der Waals surface area contributed by atoms with Crippen molar-refractivity contribution < 1.29 is 9.59 Å². The topological polar surface area (TPSA) is 177 Å². The van der Waals surface area contributed by atoms with E-state index in [1.165, 1.54) is 0 Å². The smallest absolute Gasteiger partial charge is 0.234 e. The predicted molar refractivity (Wildman–Crippen MR) is 241 cm³/mol. The van der Waals surface area contributed by atoms with Crippen molar-refractivity contribution in [3.8, 4) is 12.1 Å². The van der Waals surface area contributed by atoms with Gasteiger partial charge in [-0.1, -0.05) is 13.8 Å². The van der Waals surface area contributed by atoms with Gasteiger partial charge in [-0.15, -0.1) is 0 Å². The van der Waals surface area contributed by atoms with Gasteiger partial charge in [0.15, 0.2) is 0 Å². The number of nitriles is 2. The van der Waals surface area contributed by atoms with Gasteiger partial charge in [-0.25, -0.2) is 0 Å². The lowest BCUT2D eigenvalue weighted by Gasteiger charge is -2.38.